The average molecular weight is 372 g/mol. The summed E-state index contributed by atoms with van der Waals surface area (Å²) in [6.07, 6.45) is 0. The second-order valence-electron chi connectivity index (χ2n) is 5.45. The summed E-state index contributed by atoms with van der Waals surface area (Å²) in [5.74, 6) is 2.12. The second kappa shape index (κ2) is 8.18. The van der Waals surface area contributed by atoms with Crippen LogP contribution < -0.4 is 11.1 Å². The van der Waals surface area contributed by atoms with Crippen LogP contribution in [0, 0.1) is 0 Å². The largest absolute Gasteiger partial charge is 0.368 e. The summed E-state index contributed by atoms with van der Waals surface area (Å²) in [6.45, 7) is 2.05. The van der Waals surface area contributed by atoms with E-state index < -0.39 is 0 Å². The van der Waals surface area contributed by atoms with E-state index in [1.807, 2.05) is 48.5 Å². The van der Waals surface area contributed by atoms with Gasteiger partial charge in [-0.05, 0) is 36.8 Å². The molecule has 0 bridgehead atoms. The molecule has 128 valence electrons. The Bertz CT molecular complexity index is 844. The van der Waals surface area contributed by atoms with Crippen molar-refractivity contribution in [3.63, 3.8) is 0 Å². The van der Waals surface area contributed by atoms with E-state index in [-0.39, 0.29) is 11.2 Å². The molecule has 3 aromatic rings. The summed E-state index contributed by atoms with van der Waals surface area (Å²) >= 11 is 7.75. The minimum atomic E-state index is 0.0700. The first-order valence-corrected chi connectivity index (χ1v) is 9.22. The number of hydrogen-bond donors (Lipinski definition) is 2. The quantitative estimate of drug-likeness (QED) is 0.645. The maximum Gasteiger partial charge on any atom is 0.232 e. The van der Waals surface area contributed by atoms with Crippen molar-refractivity contribution in [2.75, 3.05) is 11.1 Å². The fourth-order valence-electron chi connectivity index (χ4n) is 2.22. The summed E-state index contributed by atoms with van der Waals surface area (Å²) in [7, 11) is 0. The summed E-state index contributed by atoms with van der Waals surface area (Å²) < 4.78 is 0. The molecule has 1 aromatic heterocycles. The number of halogens is 1. The van der Waals surface area contributed by atoms with Crippen molar-refractivity contribution >= 4 is 40.9 Å². The highest BCUT2D eigenvalue weighted by Gasteiger charge is 2.13. The van der Waals surface area contributed by atoms with Crippen LogP contribution in [0.3, 0.4) is 0 Å². The Morgan fingerprint density at radius 2 is 1.88 bits per heavy atom. The second-order valence-corrected chi connectivity index (χ2v) is 7.22. The Morgan fingerprint density at radius 3 is 2.64 bits per heavy atom. The van der Waals surface area contributed by atoms with E-state index in [1.54, 1.807) is 11.8 Å². The molecule has 3 rings (SSSR count). The van der Waals surface area contributed by atoms with Crippen molar-refractivity contribution in [3.8, 4) is 0 Å². The number of nitrogens with one attached hydrogen (secondary N) is 1. The van der Waals surface area contributed by atoms with Crippen LogP contribution in [-0.2, 0) is 5.75 Å². The third-order valence-electron chi connectivity index (χ3n) is 3.45. The van der Waals surface area contributed by atoms with Gasteiger partial charge < -0.3 is 11.1 Å². The third-order valence-corrected chi connectivity index (χ3v) is 4.90. The lowest BCUT2D eigenvalue weighted by atomic mass is 10.2. The minimum Gasteiger partial charge on any atom is -0.368 e. The molecule has 1 atom stereocenters. The van der Waals surface area contributed by atoms with Gasteiger partial charge >= 0.3 is 0 Å². The number of aromatic nitrogens is 3. The van der Waals surface area contributed by atoms with E-state index in [2.05, 4.69) is 33.3 Å². The zero-order valence-corrected chi connectivity index (χ0v) is 15.3. The molecule has 3 N–H and O–H groups in total. The first kappa shape index (κ1) is 17.5. The van der Waals surface area contributed by atoms with Gasteiger partial charge in [-0.3, -0.25) is 0 Å². The summed E-state index contributed by atoms with van der Waals surface area (Å²) in [4.78, 5) is 12.9. The summed E-state index contributed by atoms with van der Waals surface area (Å²) in [5.41, 5.74) is 7.91. The van der Waals surface area contributed by atoms with Gasteiger partial charge in [0.15, 0.2) is 0 Å². The van der Waals surface area contributed by atoms with Crippen LogP contribution in [0.15, 0.2) is 54.6 Å². The lowest BCUT2D eigenvalue weighted by Crippen LogP contribution is -2.08. The highest BCUT2D eigenvalue weighted by Crippen LogP contribution is 2.30. The zero-order chi connectivity index (χ0) is 17.6. The van der Waals surface area contributed by atoms with Gasteiger partial charge in [0.25, 0.3) is 0 Å². The molecule has 0 aliphatic rings. The number of nitrogen functional groups attached to an aromatic ring is 1. The van der Waals surface area contributed by atoms with E-state index in [0.29, 0.717) is 11.8 Å². The molecular formula is C18H18ClN5S. The van der Waals surface area contributed by atoms with Gasteiger partial charge in [-0.25, -0.2) is 0 Å². The van der Waals surface area contributed by atoms with Crippen LogP contribution in [-0.4, -0.2) is 15.0 Å². The van der Waals surface area contributed by atoms with Crippen molar-refractivity contribution in [1.29, 1.82) is 0 Å². The van der Waals surface area contributed by atoms with E-state index in [9.17, 15) is 0 Å². The lowest BCUT2D eigenvalue weighted by molar-refractivity contribution is 0.896. The number of nitrogens with zero attached hydrogens (tertiary/aromatic N) is 3. The van der Waals surface area contributed by atoms with Crippen LogP contribution >= 0.6 is 23.4 Å². The van der Waals surface area contributed by atoms with Crippen LogP contribution in [0.25, 0.3) is 0 Å². The number of thioether (sulfide) groups is 1. The van der Waals surface area contributed by atoms with Gasteiger partial charge in [0.2, 0.25) is 11.9 Å². The molecule has 0 aliphatic carbocycles. The minimum absolute atomic E-state index is 0.0700. The third kappa shape index (κ3) is 5.08. The average Bonchev–Trinajstić information content (AvgIpc) is 2.60. The molecule has 2 aromatic carbocycles. The maximum atomic E-state index is 6.03. The van der Waals surface area contributed by atoms with E-state index in [1.165, 1.54) is 0 Å². The van der Waals surface area contributed by atoms with E-state index in [4.69, 9.17) is 17.3 Å². The Morgan fingerprint density at radius 1 is 1.08 bits per heavy atom. The monoisotopic (exact) mass is 371 g/mol. The van der Waals surface area contributed by atoms with Crippen molar-refractivity contribution in [1.82, 2.24) is 15.0 Å². The number of nitrogens with two attached hydrogens (primary N) is 1. The van der Waals surface area contributed by atoms with Gasteiger partial charge in [0, 0.05) is 16.5 Å². The highest BCUT2D eigenvalue weighted by molar-refractivity contribution is 7.98. The van der Waals surface area contributed by atoms with Gasteiger partial charge in [-0.1, -0.05) is 41.9 Å². The van der Waals surface area contributed by atoms with E-state index >= 15 is 0 Å². The zero-order valence-electron chi connectivity index (χ0n) is 13.7. The Labute approximate surface area is 156 Å². The fraction of sp³-hybridized carbons (Fsp3) is 0.167. The number of benzene rings is 2. The molecule has 5 nitrogen and oxygen atoms in total. The molecule has 1 heterocycles. The SMILES string of the molecule is CC(SCc1cccc(Cl)c1)c1nc(N)nc(Nc2ccccc2)n1. The Kier molecular flexibility index (Phi) is 5.73. The van der Waals surface area contributed by atoms with Crippen molar-refractivity contribution in [2.24, 2.45) is 0 Å². The van der Waals surface area contributed by atoms with Crippen LogP contribution in [0.2, 0.25) is 5.02 Å². The van der Waals surface area contributed by atoms with Crippen molar-refractivity contribution in [3.05, 3.63) is 71.0 Å². The topological polar surface area (TPSA) is 76.7 Å². The molecule has 0 saturated carbocycles. The predicted octanol–water partition coefficient (Wildman–Crippen LogP) is 4.85. The molecule has 0 amide bonds. The molecule has 0 saturated heterocycles. The summed E-state index contributed by atoms with van der Waals surface area (Å²) in [5, 5.41) is 3.96. The number of rotatable bonds is 6. The molecule has 1 unspecified atom stereocenters. The molecule has 0 fully saturated rings. The Hall–Kier alpha value is -2.31. The first-order valence-electron chi connectivity index (χ1n) is 7.80. The van der Waals surface area contributed by atoms with Gasteiger partial charge in [-0.2, -0.15) is 15.0 Å². The lowest BCUT2D eigenvalue weighted by Gasteiger charge is -2.12. The molecule has 25 heavy (non-hydrogen) atoms. The van der Waals surface area contributed by atoms with E-state index in [0.717, 1.165) is 22.0 Å². The normalized spacial score (nSPS) is 11.9. The molecule has 0 aliphatic heterocycles. The summed E-state index contributed by atoms with van der Waals surface area (Å²) in [6, 6.07) is 17.6. The van der Waals surface area contributed by atoms with Gasteiger partial charge in [-0.15, -0.1) is 11.8 Å². The van der Waals surface area contributed by atoms with Crippen LogP contribution in [0.4, 0.5) is 17.6 Å². The smallest absolute Gasteiger partial charge is 0.232 e. The van der Waals surface area contributed by atoms with Crippen LogP contribution in [0.5, 0.6) is 0 Å². The first-order chi connectivity index (χ1) is 12.1. The number of hydrogen-bond acceptors (Lipinski definition) is 6. The van der Waals surface area contributed by atoms with Crippen molar-refractivity contribution < 1.29 is 0 Å². The highest BCUT2D eigenvalue weighted by atomic mass is 35.5. The standard InChI is InChI=1S/C18H18ClN5S/c1-12(25-11-13-6-5-7-14(19)10-13)16-22-17(20)24-18(23-16)21-15-8-3-2-4-9-15/h2-10,12H,11H2,1H3,(H3,20,21,22,23,24). The molecule has 0 radical (unpaired) electrons. The molecule has 0 spiro atoms. The Balaban J connectivity index is 1.70. The molecule has 7 heteroatoms. The fourth-order valence-corrected chi connectivity index (χ4v) is 3.31. The van der Waals surface area contributed by atoms with Gasteiger partial charge in [0.05, 0.1) is 5.25 Å². The maximum absolute atomic E-state index is 6.03. The number of para-hydroxylation sites is 1. The van der Waals surface area contributed by atoms with Gasteiger partial charge in [0.1, 0.15) is 5.82 Å². The number of anilines is 3. The van der Waals surface area contributed by atoms with Crippen molar-refractivity contribution in [2.45, 2.75) is 17.9 Å². The predicted molar refractivity (Wildman–Crippen MR) is 105 cm³/mol. The molecular weight excluding hydrogens is 354 g/mol. The van der Waals surface area contributed by atoms with Crippen LogP contribution in [0.1, 0.15) is 23.6 Å².